The Hall–Kier alpha value is -4.11. The van der Waals surface area contributed by atoms with Crippen LogP contribution in [0.25, 0.3) is 0 Å². The lowest BCUT2D eigenvalue weighted by atomic mass is 10.1. The highest BCUT2D eigenvalue weighted by Gasteiger charge is 2.15. The molecule has 0 saturated carbocycles. The third-order valence-electron chi connectivity index (χ3n) is 5.11. The fraction of sp³-hybridized carbons (Fsp3) is 0.269. The summed E-state index contributed by atoms with van der Waals surface area (Å²) in [6, 6.07) is 20.5. The van der Waals surface area contributed by atoms with E-state index in [4.69, 9.17) is 34.0 Å². The highest BCUT2D eigenvalue weighted by atomic mass is 16.7. The lowest BCUT2D eigenvalue weighted by Crippen LogP contribution is -2.26. The SMILES string of the molecule is CCOc1ccccc1CN(CCc1ccc2c(c1)OCO2)Cc1ccccn1.O=C(O)C(=O)O. The van der Waals surface area contributed by atoms with Crippen LogP contribution in [-0.2, 0) is 29.1 Å². The zero-order chi connectivity index (χ0) is 25.0. The molecule has 0 bridgehead atoms. The molecule has 2 heterocycles. The van der Waals surface area contributed by atoms with E-state index < -0.39 is 11.9 Å². The smallest absolute Gasteiger partial charge is 0.414 e. The monoisotopic (exact) mass is 480 g/mol. The Kier molecular flexibility index (Phi) is 9.44. The number of rotatable bonds is 9. The number of nitrogens with zero attached hydrogens (tertiary/aromatic N) is 2. The van der Waals surface area contributed by atoms with Crippen molar-refractivity contribution in [1.82, 2.24) is 9.88 Å². The van der Waals surface area contributed by atoms with Crippen molar-refractivity contribution in [3.8, 4) is 17.2 Å². The molecule has 3 aromatic rings. The first kappa shape index (κ1) is 25.5. The molecule has 9 heteroatoms. The summed E-state index contributed by atoms with van der Waals surface area (Å²) in [7, 11) is 0. The minimum absolute atomic E-state index is 0.304. The normalized spacial score (nSPS) is 11.5. The van der Waals surface area contributed by atoms with Crippen LogP contribution < -0.4 is 14.2 Å². The first-order valence-electron chi connectivity index (χ1n) is 11.1. The van der Waals surface area contributed by atoms with Gasteiger partial charge in [-0.1, -0.05) is 30.3 Å². The van der Waals surface area contributed by atoms with E-state index in [9.17, 15) is 0 Å². The number of carboxylic acid groups (broad SMARTS) is 2. The van der Waals surface area contributed by atoms with Crippen molar-refractivity contribution in [2.75, 3.05) is 19.9 Å². The van der Waals surface area contributed by atoms with Crippen LogP contribution in [0.15, 0.2) is 66.9 Å². The average Bonchev–Trinajstić information content (AvgIpc) is 3.33. The number of benzene rings is 2. The Morgan fingerprint density at radius 1 is 0.971 bits per heavy atom. The number of ether oxygens (including phenoxy) is 3. The van der Waals surface area contributed by atoms with Crippen molar-refractivity contribution in [2.24, 2.45) is 0 Å². The van der Waals surface area contributed by atoms with Gasteiger partial charge in [-0.15, -0.1) is 0 Å². The fourth-order valence-electron chi connectivity index (χ4n) is 3.49. The van der Waals surface area contributed by atoms with Gasteiger partial charge in [-0.05, 0) is 49.2 Å². The predicted octanol–water partition coefficient (Wildman–Crippen LogP) is 3.61. The molecule has 1 aliphatic rings. The molecule has 0 amide bonds. The maximum atomic E-state index is 9.10. The number of aromatic nitrogens is 1. The van der Waals surface area contributed by atoms with E-state index in [-0.39, 0.29) is 0 Å². The van der Waals surface area contributed by atoms with Gasteiger partial charge in [-0.2, -0.15) is 0 Å². The summed E-state index contributed by atoms with van der Waals surface area (Å²) in [5, 5.41) is 14.8. The van der Waals surface area contributed by atoms with Crippen molar-refractivity contribution in [3.05, 3.63) is 83.7 Å². The Balaban J connectivity index is 0.000000509. The van der Waals surface area contributed by atoms with Gasteiger partial charge in [0.05, 0.1) is 12.3 Å². The summed E-state index contributed by atoms with van der Waals surface area (Å²) in [6.07, 6.45) is 2.76. The molecule has 0 saturated heterocycles. The minimum Gasteiger partial charge on any atom is -0.494 e. The second-order valence-electron chi connectivity index (χ2n) is 7.62. The molecule has 1 aliphatic heterocycles. The molecule has 1 aromatic heterocycles. The van der Waals surface area contributed by atoms with E-state index in [2.05, 4.69) is 40.2 Å². The van der Waals surface area contributed by atoms with Crippen LogP contribution in [0.4, 0.5) is 0 Å². The molecule has 2 N–H and O–H groups in total. The summed E-state index contributed by atoms with van der Waals surface area (Å²) < 4.78 is 16.8. The van der Waals surface area contributed by atoms with Gasteiger partial charge in [0.2, 0.25) is 6.79 Å². The van der Waals surface area contributed by atoms with Crippen molar-refractivity contribution < 1.29 is 34.0 Å². The zero-order valence-corrected chi connectivity index (χ0v) is 19.4. The molecule has 0 atom stereocenters. The number of hydrogen-bond acceptors (Lipinski definition) is 7. The minimum atomic E-state index is -1.82. The molecule has 9 nitrogen and oxygen atoms in total. The standard InChI is InChI=1S/C24H26N2O3.C2H2O4/c1-2-27-22-9-4-3-7-20(22)16-26(17-21-8-5-6-13-25-21)14-12-19-10-11-23-24(15-19)29-18-28-23;3-1(4)2(5)6/h3-11,13,15H,2,12,14,16-18H2,1H3;(H,3,4)(H,5,6). The maximum Gasteiger partial charge on any atom is 0.414 e. The quantitative estimate of drug-likeness (QED) is 0.443. The fourth-order valence-corrected chi connectivity index (χ4v) is 3.49. The third-order valence-corrected chi connectivity index (χ3v) is 5.11. The molecule has 35 heavy (non-hydrogen) atoms. The van der Waals surface area contributed by atoms with Crippen LogP contribution in [0, 0.1) is 0 Å². The molecule has 0 fully saturated rings. The van der Waals surface area contributed by atoms with Crippen LogP contribution in [-0.4, -0.2) is 52.0 Å². The van der Waals surface area contributed by atoms with Crippen LogP contribution in [0.5, 0.6) is 17.2 Å². The second-order valence-corrected chi connectivity index (χ2v) is 7.62. The number of carboxylic acids is 2. The third kappa shape index (κ3) is 8.01. The maximum absolute atomic E-state index is 9.10. The number of hydrogen-bond donors (Lipinski definition) is 2. The number of aliphatic carboxylic acids is 2. The van der Waals surface area contributed by atoms with Gasteiger partial charge in [0, 0.05) is 31.4 Å². The van der Waals surface area contributed by atoms with Gasteiger partial charge >= 0.3 is 11.9 Å². The number of para-hydroxylation sites is 1. The number of carbonyl (C=O) groups is 2. The van der Waals surface area contributed by atoms with Gasteiger partial charge in [0.1, 0.15) is 5.75 Å². The van der Waals surface area contributed by atoms with Crippen LogP contribution in [0.2, 0.25) is 0 Å². The van der Waals surface area contributed by atoms with E-state index in [1.54, 1.807) is 0 Å². The molecular formula is C26H28N2O7. The molecule has 0 radical (unpaired) electrons. The van der Waals surface area contributed by atoms with Gasteiger partial charge in [-0.25, -0.2) is 9.59 Å². The summed E-state index contributed by atoms with van der Waals surface area (Å²) in [5.41, 5.74) is 3.49. The Bertz CT molecular complexity index is 1110. The highest BCUT2D eigenvalue weighted by molar-refractivity contribution is 6.27. The van der Waals surface area contributed by atoms with E-state index in [1.165, 1.54) is 11.1 Å². The van der Waals surface area contributed by atoms with E-state index in [0.717, 1.165) is 49.0 Å². The van der Waals surface area contributed by atoms with Crippen LogP contribution in [0.1, 0.15) is 23.7 Å². The van der Waals surface area contributed by atoms with Gasteiger partial charge < -0.3 is 24.4 Å². The molecule has 0 spiro atoms. The zero-order valence-electron chi connectivity index (χ0n) is 19.4. The first-order chi connectivity index (χ1) is 17.0. The lowest BCUT2D eigenvalue weighted by Gasteiger charge is -2.23. The summed E-state index contributed by atoms with van der Waals surface area (Å²) >= 11 is 0. The van der Waals surface area contributed by atoms with Crippen LogP contribution in [0.3, 0.4) is 0 Å². The molecule has 0 aliphatic carbocycles. The van der Waals surface area contributed by atoms with Crippen molar-refractivity contribution >= 4 is 11.9 Å². The second kappa shape index (κ2) is 13.0. The van der Waals surface area contributed by atoms with Gasteiger partial charge in [-0.3, -0.25) is 9.88 Å². The predicted molar refractivity (Wildman–Crippen MR) is 128 cm³/mol. The van der Waals surface area contributed by atoms with E-state index in [1.807, 2.05) is 43.5 Å². The summed E-state index contributed by atoms with van der Waals surface area (Å²) in [6.45, 7) is 5.47. The summed E-state index contributed by atoms with van der Waals surface area (Å²) in [5.74, 6) is -1.04. The lowest BCUT2D eigenvalue weighted by molar-refractivity contribution is -0.159. The summed E-state index contributed by atoms with van der Waals surface area (Å²) in [4.78, 5) is 25.1. The molecular weight excluding hydrogens is 452 g/mol. The Morgan fingerprint density at radius 2 is 1.71 bits per heavy atom. The first-order valence-corrected chi connectivity index (χ1v) is 11.1. The molecule has 4 rings (SSSR count). The number of pyridine rings is 1. The van der Waals surface area contributed by atoms with Crippen molar-refractivity contribution in [2.45, 2.75) is 26.4 Å². The highest BCUT2D eigenvalue weighted by Crippen LogP contribution is 2.32. The molecule has 184 valence electrons. The molecule has 0 unspecified atom stereocenters. The van der Waals surface area contributed by atoms with Crippen molar-refractivity contribution in [3.63, 3.8) is 0 Å². The molecule has 2 aromatic carbocycles. The average molecular weight is 481 g/mol. The Labute approximate surface area is 203 Å². The van der Waals surface area contributed by atoms with E-state index >= 15 is 0 Å². The largest absolute Gasteiger partial charge is 0.494 e. The van der Waals surface area contributed by atoms with Crippen LogP contribution >= 0.6 is 0 Å². The van der Waals surface area contributed by atoms with Gasteiger partial charge in [0.25, 0.3) is 0 Å². The topological polar surface area (TPSA) is 118 Å². The van der Waals surface area contributed by atoms with Gasteiger partial charge in [0.15, 0.2) is 11.5 Å². The number of fused-ring (bicyclic) bond motifs is 1. The van der Waals surface area contributed by atoms with E-state index in [0.29, 0.717) is 13.4 Å². The van der Waals surface area contributed by atoms with Crippen molar-refractivity contribution in [1.29, 1.82) is 0 Å². The Morgan fingerprint density at radius 3 is 2.43 bits per heavy atom.